The number of carbonyl (C=O) groups is 1. The van der Waals surface area contributed by atoms with E-state index in [-0.39, 0.29) is 11.3 Å². The lowest BCUT2D eigenvalue weighted by atomic mass is 9.98. The van der Waals surface area contributed by atoms with Gasteiger partial charge < -0.3 is 14.8 Å². The molecule has 1 aromatic rings. The van der Waals surface area contributed by atoms with Crippen LogP contribution in [0.5, 0.6) is 0 Å². The van der Waals surface area contributed by atoms with Gasteiger partial charge in [0.15, 0.2) is 0 Å². The molecular weight excluding hydrogens is 218 g/mol. The largest absolute Gasteiger partial charge is 0.475 e. The quantitative estimate of drug-likeness (QED) is 0.826. The average Bonchev–Trinajstić information content (AvgIpc) is 3.01. The molecule has 1 heterocycles. The molecule has 0 radical (unpaired) electrons. The third-order valence-electron chi connectivity index (χ3n) is 3.56. The Morgan fingerprint density at radius 1 is 1.59 bits per heavy atom. The van der Waals surface area contributed by atoms with E-state index in [4.69, 9.17) is 9.52 Å². The highest BCUT2D eigenvalue weighted by Gasteiger charge is 2.37. The zero-order chi connectivity index (χ0) is 12.6. The number of aromatic carboxylic acids is 1. The minimum Gasteiger partial charge on any atom is -0.475 e. The van der Waals surface area contributed by atoms with Crippen LogP contribution in [0.3, 0.4) is 0 Å². The Balaban J connectivity index is 2.01. The second-order valence-corrected chi connectivity index (χ2v) is 5.35. The van der Waals surface area contributed by atoms with Gasteiger partial charge in [-0.1, -0.05) is 0 Å². The molecule has 4 heteroatoms. The molecule has 0 bridgehead atoms. The van der Waals surface area contributed by atoms with Crippen LogP contribution in [0.15, 0.2) is 10.5 Å². The van der Waals surface area contributed by atoms with Gasteiger partial charge >= 0.3 is 5.97 Å². The predicted octanol–water partition coefficient (Wildman–Crippen LogP) is 2.56. The van der Waals surface area contributed by atoms with E-state index < -0.39 is 5.97 Å². The summed E-state index contributed by atoms with van der Waals surface area (Å²) in [5, 5.41) is 12.3. The predicted molar refractivity (Wildman–Crippen MR) is 64.0 cm³/mol. The Morgan fingerprint density at radius 2 is 2.24 bits per heavy atom. The topological polar surface area (TPSA) is 62.5 Å². The van der Waals surface area contributed by atoms with Gasteiger partial charge in [-0.25, -0.2) is 4.79 Å². The highest BCUT2D eigenvalue weighted by Crippen LogP contribution is 2.39. The lowest BCUT2D eigenvalue weighted by molar-refractivity contribution is 0.0661. The van der Waals surface area contributed by atoms with Gasteiger partial charge in [-0.05, 0) is 45.6 Å². The fourth-order valence-corrected chi connectivity index (χ4v) is 2.07. The number of carboxylic acid groups (broad SMARTS) is 1. The van der Waals surface area contributed by atoms with Gasteiger partial charge in [0.1, 0.15) is 5.76 Å². The Labute approximate surface area is 101 Å². The van der Waals surface area contributed by atoms with Crippen molar-refractivity contribution in [3.63, 3.8) is 0 Å². The Hall–Kier alpha value is -1.29. The molecular formula is C13H19NO3. The molecule has 1 fully saturated rings. The van der Waals surface area contributed by atoms with Crippen molar-refractivity contribution >= 4 is 5.97 Å². The number of hydrogen-bond donors (Lipinski definition) is 2. The summed E-state index contributed by atoms with van der Waals surface area (Å²) in [7, 11) is 0. The van der Waals surface area contributed by atoms with Gasteiger partial charge in [-0.3, -0.25) is 0 Å². The first kappa shape index (κ1) is 12.2. The number of rotatable bonds is 5. The Kier molecular flexibility index (Phi) is 3.00. The van der Waals surface area contributed by atoms with Crippen LogP contribution < -0.4 is 5.32 Å². The molecule has 0 amide bonds. The SMILES string of the molecule is Cc1oc(C(=O)O)cc1CNC(C)(C)C1CC1. The lowest BCUT2D eigenvalue weighted by Crippen LogP contribution is -2.40. The zero-order valence-corrected chi connectivity index (χ0v) is 10.5. The molecule has 1 aliphatic carbocycles. The summed E-state index contributed by atoms with van der Waals surface area (Å²) in [6.45, 7) is 6.84. The van der Waals surface area contributed by atoms with Crippen molar-refractivity contribution < 1.29 is 14.3 Å². The third kappa shape index (κ3) is 2.69. The molecule has 1 aliphatic rings. The molecule has 0 aliphatic heterocycles. The lowest BCUT2D eigenvalue weighted by Gasteiger charge is -2.26. The minimum atomic E-state index is -1.01. The maximum absolute atomic E-state index is 10.8. The van der Waals surface area contributed by atoms with Gasteiger partial charge in [0.2, 0.25) is 5.76 Å². The maximum atomic E-state index is 10.8. The number of carboxylic acids is 1. The van der Waals surface area contributed by atoms with E-state index in [0.29, 0.717) is 12.3 Å². The fraction of sp³-hybridized carbons (Fsp3) is 0.615. The van der Waals surface area contributed by atoms with E-state index in [1.165, 1.54) is 12.8 Å². The summed E-state index contributed by atoms with van der Waals surface area (Å²) in [6, 6.07) is 1.60. The van der Waals surface area contributed by atoms with Crippen LogP contribution in [-0.4, -0.2) is 16.6 Å². The number of furan rings is 1. The van der Waals surface area contributed by atoms with Crippen LogP contribution in [0.1, 0.15) is 48.6 Å². The fourth-order valence-electron chi connectivity index (χ4n) is 2.07. The second-order valence-electron chi connectivity index (χ2n) is 5.35. The average molecular weight is 237 g/mol. The van der Waals surface area contributed by atoms with Crippen molar-refractivity contribution in [3.05, 3.63) is 23.2 Å². The summed E-state index contributed by atoms with van der Waals surface area (Å²) < 4.78 is 5.18. The molecule has 4 nitrogen and oxygen atoms in total. The standard InChI is InChI=1S/C13H19NO3/c1-8-9(6-11(17-8)12(15)16)7-14-13(2,3)10-4-5-10/h6,10,14H,4-5,7H2,1-3H3,(H,15,16). The molecule has 94 valence electrons. The summed E-state index contributed by atoms with van der Waals surface area (Å²) in [5.41, 5.74) is 1.05. The molecule has 0 saturated heterocycles. The van der Waals surface area contributed by atoms with Crippen LogP contribution in [0.4, 0.5) is 0 Å². The first-order valence-electron chi connectivity index (χ1n) is 5.98. The smallest absolute Gasteiger partial charge is 0.371 e. The highest BCUT2D eigenvalue weighted by molar-refractivity contribution is 5.84. The zero-order valence-electron chi connectivity index (χ0n) is 10.5. The van der Waals surface area contributed by atoms with E-state index in [1.54, 1.807) is 13.0 Å². The maximum Gasteiger partial charge on any atom is 0.371 e. The third-order valence-corrected chi connectivity index (χ3v) is 3.56. The molecule has 0 aromatic carbocycles. The van der Waals surface area contributed by atoms with Gasteiger partial charge in [0.25, 0.3) is 0 Å². The van der Waals surface area contributed by atoms with E-state index in [2.05, 4.69) is 19.2 Å². The number of hydrogen-bond acceptors (Lipinski definition) is 3. The van der Waals surface area contributed by atoms with Crippen LogP contribution in [0, 0.1) is 12.8 Å². The van der Waals surface area contributed by atoms with E-state index in [1.807, 2.05) is 0 Å². The van der Waals surface area contributed by atoms with Crippen LogP contribution in [0.2, 0.25) is 0 Å². The van der Waals surface area contributed by atoms with Gasteiger partial charge in [-0.15, -0.1) is 0 Å². The Morgan fingerprint density at radius 3 is 2.71 bits per heavy atom. The Bertz CT molecular complexity index is 430. The van der Waals surface area contributed by atoms with Gasteiger partial charge in [0.05, 0.1) is 0 Å². The monoisotopic (exact) mass is 237 g/mol. The first-order valence-corrected chi connectivity index (χ1v) is 5.98. The van der Waals surface area contributed by atoms with Crippen molar-refractivity contribution in [2.45, 2.75) is 45.7 Å². The van der Waals surface area contributed by atoms with E-state index in [9.17, 15) is 4.79 Å². The molecule has 0 unspecified atom stereocenters. The van der Waals surface area contributed by atoms with E-state index >= 15 is 0 Å². The molecule has 1 saturated carbocycles. The molecule has 1 aromatic heterocycles. The van der Waals surface area contributed by atoms with Crippen molar-refractivity contribution in [1.29, 1.82) is 0 Å². The molecule has 2 rings (SSSR count). The van der Waals surface area contributed by atoms with Crippen molar-refractivity contribution in [1.82, 2.24) is 5.32 Å². The normalized spacial score (nSPS) is 16.2. The van der Waals surface area contributed by atoms with Crippen LogP contribution >= 0.6 is 0 Å². The molecule has 17 heavy (non-hydrogen) atoms. The second kappa shape index (κ2) is 4.18. The van der Waals surface area contributed by atoms with E-state index in [0.717, 1.165) is 11.5 Å². The van der Waals surface area contributed by atoms with Crippen molar-refractivity contribution in [2.24, 2.45) is 5.92 Å². The molecule has 0 spiro atoms. The van der Waals surface area contributed by atoms with Crippen molar-refractivity contribution in [3.8, 4) is 0 Å². The first-order chi connectivity index (χ1) is 7.90. The highest BCUT2D eigenvalue weighted by atomic mass is 16.4. The number of aryl methyl sites for hydroxylation is 1. The molecule has 0 atom stereocenters. The summed E-state index contributed by atoms with van der Waals surface area (Å²) in [5.74, 6) is 0.430. The van der Waals surface area contributed by atoms with Crippen molar-refractivity contribution in [2.75, 3.05) is 0 Å². The van der Waals surface area contributed by atoms with Gasteiger partial charge in [-0.2, -0.15) is 0 Å². The summed E-state index contributed by atoms with van der Waals surface area (Å²) in [4.78, 5) is 10.8. The van der Waals surface area contributed by atoms with Gasteiger partial charge in [0, 0.05) is 17.6 Å². The van der Waals surface area contributed by atoms with Crippen LogP contribution in [0.25, 0.3) is 0 Å². The summed E-state index contributed by atoms with van der Waals surface area (Å²) in [6.07, 6.45) is 2.56. The minimum absolute atomic E-state index is 0.0172. The molecule has 2 N–H and O–H groups in total. The van der Waals surface area contributed by atoms with Crippen LogP contribution in [-0.2, 0) is 6.54 Å². The summed E-state index contributed by atoms with van der Waals surface area (Å²) >= 11 is 0. The number of nitrogens with one attached hydrogen (secondary N) is 1.